The minimum atomic E-state index is -0.0515. The Morgan fingerprint density at radius 3 is 2.86 bits per heavy atom. The standard InChI is InChI=1S/C11H23NO2/c1-11(2,3)14-9-10-8-13-7-5-4-6-12-10/h10,12H,4-9H2,1-3H3/t10-/m1/s1. The Morgan fingerprint density at radius 2 is 2.14 bits per heavy atom. The smallest absolute Gasteiger partial charge is 0.0649 e. The molecule has 0 spiro atoms. The first-order valence-electron chi connectivity index (χ1n) is 5.53. The summed E-state index contributed by atoms with van der Waals surface area (Å²) in [5, 5.41) is 3.44. The van der Waals surface area contributed by atoms with Crippen LogP contribution in [0.25, 0.3) is 0 Å². The molecule has 1 saturated heterocycles. The number of hydrogen-bond acceptors (Lipinski definition) is 3. The lowest BCUT2D eigenvalue weighted by molar-refractivity contribution is -0.0306. The van der Waals surface area contributed by atoms with Crippen LogP contribution in [0.1, 0.15) is 33.6 Å². The van der Waals surface area contributed by atoms with Gasteiger partial charge < -0.3 is 14.8 Å². The summed E-state index contributed by atoms with van der Waals surface area (Å²) in [6.07, 6.45) is 2.37. The summed E-state index contributed by atoms with van der Waals surface area (Å²) in [6, 6.07) is 0.356. The Labute approximate surface area is 87.2 Å². The summed E-state index contributed by atoms with van der Waals surface area (Å²) < 4.78 is 11.2. The molecule has 0 aromatic heterocycles. The Balaban J connectivity index is 2.20. The summed E-state index contributed by atoms with van der Waals surface area (Å²) >= 11 is 0. The van der Waals surface area contributed by atoms with E-state index in [-0.39, 0.29) is 5.60 Å². The number of ether oxygens (including phenoxy) is 2. The summed E-state index contributed by atoms with van der Waals surface area (Å²) in [6.45, 7) is 9.74. The maximum absolute atomic E-state index is 5.72. The molecule has 1 aliphatic heterocycles. The second-order valence-electron chi connectivity index (χ2n) is 4.86. The van der Waals surface area contributed by atoms with Gasteiger partial charge in [0.2, 0.25) is 0 Å². The highest BCUT2D eigenvalue weighted by Crippen LogP contribution is 2.08. The van der Waals surface area contributed by atoms with Crippen LogP contribution in [0.5, 0.6) is 0 Å². The van der Waals surface area contributed by atoms with Crippen LogP contribution in [-0.2, 0) is 9.47 Å². The van der Waals surface area contributed by atoms with E-state index < -0.39 is 0 Å². The molecule has 0 aliphatic carbocycles. The average Bonchev–Trinajstić information content (AvgIpc) is 2.00. The highest BCUT2D eigenvalue weighted by atomic mass is 16.5. The van der Waals surface area contributed by atoms with E-state index in [4.69, 9.17) is 9.47 Å². The maximum atomic E-state index is 5.72. The third-order valence-corrected chi connectivity index (χ3v) is 2.19. The SMILES string of the molecule is CC(C)(C)OC[C@H]1COCCCCN1. The molecule has 0 aromatic rings. The van der Waals surface area contributed by atoms with Crippen molar-refractivity contribution in [2.75, 3.05) is 26.4 Å². The van der Waals surface area contributed by atoms with Crippen LogP contribution >= 0.6 is 0 Å². The minimum Gasteiger partial charge on any atom is -0.380 e. The fraction of sp³-hybridized carbons (Fsp3) is 1.00. The van der Waals surface area contributed by atoms with E-state index in [0.29, 0.717) is 6.04 Å². The number of nitrogens with one attached hydrogen (secondary N) is 1. The van der Waals surface area contributed by atoms with Crippen molar-refractivity contribution in [2.24, 2.45) is 0 Å². The highest BCUT2D eigenvalue weighted by Gasteiger charge is 2.16. The van der Waals surface area contributed by atoms with Crippen LogP contribution in [0.2, 0.25) is 0 Å². The first-order valence-corrected chi connectivity index (χ1v) is 5.53. The molecule has 3 heteroatoms. The summed E-state index contributed by atoms with van der Waals surface area (Å²) in [5.41, 5.74) is -0.0515. The molecule has 0 aromatic carbocycles. The lowest BCUT2D eigenvalue weighted by atomic mass is 10.2. The molecule has 14 heavy (non-hydrogen) atoms. The quantitative estimate of drug-likeness (QED) is 0.735. The summed E-state index contributed by atoms with van der Waals surface area (Å²) in [7, 11) is 0. The minimum absolute atomic E-state index is 0.0515. The second-order valence-corrected chi connectivity index (χ2v) is 4.86. The van der Waals surface area contributed by atoms with Crippen LogP contribution in [0, 0.1) is 0 Å². The van der Waals surface area contributed by atoms with E-state index in [2.05, 4.69) is 26.1 Å². The third kappa shape index (κ3) is 5.58. The fourth-order valence-corrected chi connectivity index (χ4v) is 1.38. The lowest BCUT2D eigenvalue weighted by Crippen LogP contribution is -2.41. The van der Waals surface area contributed by atoms with Crippen molar-refractivity contribution in [3.05, 3.63) is 0 Å². The highest BCUT2D eigenvalue weighted by molar-refractivity contribution is 4.70. The molecule has 1 heterocycles. The maximum Gasteiger partial charge on any atom is 0.0649 e. The molecule has 0 radical (unpaired) electrons. The van der Waals surface area contributed by atoms with Gasteiger partial charge in [0.25, 0.3) is 0 Å². The van der Waals surface area contributed by atoms with E-state index in [1.165, 1.54) is 12.8 Å². The molecule has 1 rings (SSSR count). The molecule has 3 nitrogen and oxygen atoms in total. The Bertz CT molecular complexity index is 146. The van der Waals surface area contributed by atoms with Crippen molar-refractivity contribution >= 4 is 0 Å². The molecule has 1 N–H and O–H groups in total. The van der Waals surface area contributed by atoms with Gasteiger partial charge in [-0.25, -0.2) is 0 Å². The molecule has 0 saturated carbocycles. The topological polar surface area (TPSA) is 30.5 Å². The molecule has 0 bridgehead atoms. The van der Waals surface area contributed by atoms with Crippen molar-refractivity contribution in [1.29, 1.82) is 0 Å². The van der Waals surface area contributed by atoms with Crippen LogP contribution < -0.4 is 5.32 Å². The van der Waals surface area contributed by atoms with Crippen LogP contribution in [0.15, 0.2) is 0 Å². The van der Waals surface area contributed by atoms with Gasteiger partial charge in [-0.1, -0.05) is 0 Å². The van der Waals surface area contributed by atoms with E-state index in [9.17, 15) is 0 Å². The predicted octanol–water partition coefficient (Wildman–Crippen LogP) is 1.57. The van der Waals surface area contributed by atoms with Gasteiger partial charge in [0.05, 0.1) is 24.9 Å². The second kappa shape index (κ2) is 5.69. The molecule has 1 aliphatic rings. The molecule has 1 atom stereocenters. The van der Waals surface area contributed by atoms with Crippen molar-refractivity contribution in [1.82, 2.24) is 5.32 Å². The van der Waals surface area contributed by atoms with E-state index in [1.807, 2.05) is 0 Å². The van der Waals surface area contributed by atoms with Gasteiger partial charge in [0, 0.05) is 6.61 Å². The van der Waals surface area contributed by atoms with Gasteiger partial charge >= 0.3 is 0 Å². The zero-order valence-electron chi connectivity index (χ0n) is 9.64. The Hall–Kier alpha value is -0.120. The predicted molar refractivity (Wildman–Crippen MR) is 57.5 cm³/mol. The molecule has 0 unspecified atom stereocenters. The largest absolute Gasteiger partial charge is 0.380 e. The van der Waals surface area contributed by atoms with Gasteiger partial charge in [0.15, 0.2) is 0 Å². The monoisotopic (exact) mass is 201 g/mol. The van der Waals surface area contributed by atoms with Gasteiger partial charge in [-0.05, 0) is 40.2 Å². The average molecular weight is 201 g/mol. The third-order valence-electron chi connectivity index (χ3n) is 2.19. The Morgan fingerprint density at radius 1 is 1.36 bits per heavy atom. The molecular formula is C11H23NO2. The fourth-order valence-electron chi connectivity index (χ4n) is 1.38. The zero-order chi connectivity index (χ0) is 10.4. The van der Waals surface area contributed by atoms with Crippen molar-refractivity contribution in [3.8, 4) is 0 Å². The molecule has 84 valence electrons. The molecular weight excluding hydrogens is 178 g/mol. The van der Waals surface area contributed by atoms with Gasteiger partial charge in [0.1, 0.15) is 0 Å². The normalized spacial score (nSPS) is 25.5. The number of rotatable bonds is 2. The van der Waals surface area contributed by atoms with Crippen molar-refractivity contribution < 1.29 is 9.47 Å². The van der Waals surface area contributed by atoms with Crippen LogP contribution in [0.4, 0.5) is 0 Å². The van der Waals surface area contributed by atoms with Crippen LogP contribution in [-0.4, -0.2) is 38.0 Å². The van der Waals surface area contributed by atoms with Gasteiger partial charge in [-0.2, -0.15) is 0 Å². The van der Waals surface area contributed by atoms with Crippen molar-refractivity contribution in [2.45, 2.75) is 45.3 Å². The Kier molecular flexibility index (Phi) is 4.85. The zero-order valence-corrected chi connectivity index (χ0v) is 9.64. The first kappa shape index (κ1) is 12.0. The lowest BCUT2D eigenvalue weighted by Gasteiger charge is -2.26. The van der Waals surface area contributed by atoms with Crippen molar-refractivity contribution in [3.63, 3.8) is 0 Å². The first-order chi connectivity index (χ1) is 6.58. The van der Waals surface area contributed by atoms with Gasteiger partial charge in [-0.15, -0.1) is 0 Å². The summed E-state index contributed by atoms with van der Waals surface area (Å²) in [4.78, 5) is 0. The summed E-state index contributed by atoms with van der Waals surface area (Å²) in [5.74, 6) is 0. The van der Waals surface area contributed by atoms with E-state index >= 15 is 0 Å². The molecule has 1 fully saturated rings. The van der Waals surface area contributed by atoms with E-state index in [0.717, 1.165) is 26.4 Å². The molecule has 0 amide bonds. The number of hydrogen-bond donors (Lipinski definition) is 1. The van der Waals surface area contributed by atoms with E-state index in [1.54, 1.807) is 0 Å². The van der Waals surface area contributed by atoms with Gasteiger partial charge in [-0.3, -0.25) is 0 Å². The van der Waals surface area contributed by atoms with Crippen LogP contribution in [0.3, 0.4) is 0 Å².